The highest BCUT2D eigenvalue weighted by Crippen LogP contribution is 2.25. The molecular weight excluding hydrogens is 510 g/mol. The van der Waals surface area contributed by atoms with Crippen molar-refractivity contribution in [3.05, 3.63) is 101 Å². The summed E-state index contributed by atoms with van der Waals surface area (Å²) in [5, 5.41) is 9.12. The predicted octanol–water partition coefficient (Wildman–Crippen LogP) is 5.54. The van der Waals surface area contributed by atoms with Crippen LogP contribution in [0.1, 0.15) is 47.9 Å². The molecule has 4 rings (SSSR count). The maximum absolute atomic E-state index is 11.7. The van der Waals surface area contributed by atoms with Crippen LogP contribution in [-0.4, -0.2) is 43.7 Å². The molecule has 1 aliphatic heterocycles. The van der Waals surface area contributed by atoms with Gasteiger partial charge in [0.2, 0.25) is 0 Å². The summed E-state index contributed by atoms with van der Waals surface area (Å²) < 4.78 is 29.3. The highest BCUT2D eigenvalue weighted by molar-refractivity contribution is 7.90. The van der Waals surface area contributed by atoms with Crippen LogP contribution in [0.4, 0.5) is 0 Å². The molecule has 3 aromatic rings. The molecule has 1 atom stereocenters. The summed E-state index contributed by atoms with van der Waals surface area (Å²) in [7, 11) is -3.18. The van der Waals surface area contributed by atoms with Crippen molar-refractivity contribution in [1.82, 2.24) is 4.90 Å². The lowest BCUT2D eigenvalue weighted by molar-refractivity contribution is -0.137. The number of carboxylic acid groups (broad SMARTS) is 1. The van der Waals surface area contributed by atoms with Crippen LogP contribution in [0.5, 0.6) is 5.75 Å². The van der Waals surface area contributed by atoms with Gasteiger partial charge in [0.15, 0.2) is 9.84 Å². The quantitative estimate of drug-likeness (QED) is 0.338. The Labute approximate surface area is 230 Å². The van der Waals surface area contributed by atoms with Crippen molar-refractivity contribution in [3.63, 3.8) is 0 Å². The summed E-state index contributed by atoms with van der Waals surface area (Å²) in [6, 6.07) is 23.0. The van der Waals surface area contributed by atoms with Gasteiger partial charge in [0, 0.05) is 25.9 Å². The van der Waals surface area contributed by atoms with Crippen molar-refractivity contribution in [2.24, 2.45) is 0 Å². The Morgan fingerprint density at radius 2 is 1.67 bits per heavy atom. The van der Waals surface area contributed by atoms with Gasteiger partial charge in [-0.2, -0.15) is 0 Å². The van der Waals surface area contributed by atoms with Crippen molar-refractivity contribution in [2.75, 3.05) is 19.3 Å². The molecule has 1 heterocycles. The first-order chi connectivity index (χ1) is 18.7. The van der Waals surface area contributed by atoms with Gasteiger partial charge in [-0.25, -0.2) is 8.42 Å². The SMILES string of the molecule is CC#C[C@@H](CC(=O)O)c1ccc(OCc2ccc(CN3CC=C(c4ccc(S(C)(=O)=O)cc4)CC3)cc2)cc1. The number of ether oxygens (including phenoxy) is 1. The van der Waals surface area contributed by atoms with E-state index >= 15 is 0 Å². The van der Waals surface area contributed by atoms with Gasteiger partial charge in [0.05, 0.1) is 17.2 Å². The lowest BCUT2D eigenvalue weighted by Crippen LogP contribution is -2.28. The van der Waals surface area contributed by atoms with E-state index in [9.17, 15) is 13.2 Å². The first kappa shape index (κ1) is 28.2. The van der Waals surface area contributed by atoms with Crippen LogP contribution in [-0.2, 0) is 27.8 Å². The van der Waals surface area contributed by atoms with E-state index in [4.69, 9.17) is 9.84 Å². The monoisotopic (exact) mass is 543 g/mol. The number of nitrogens with zero attached hydrogens (tertiary/aromatic N) is 1. The van der Waals surface area contributed by atoms with Crippen LogP contribution < -0.4 is 4.74 Å². The third-order valence-corrected chi connectivity index (χ3v) is 7.89. The van der Waals surface area contributed by atoms with Crippen LogP contribution in [0.2, 0.25) is 0 Å². The van der Waals surface area contributed by atoms with Crippen LogP contribution in [0, 0.1) is 11.8 Å². The zero-order chi connectivity index (χ0) is 27.8. The van der Waals surface area contributed by atoms with E-state index in [0.29, 0.717) is 11.5 Å². The second kappa shape index (κ2) is 12.8. The topological polar surface area (TPSA) is 83.9 Å². The fourth-order valence-corrected chi connectivity index (χ4v) is 5.23. The minimum absolute atomic E-state index is 0.0244. The van der Waals surface area contributed by atoms with E-state index in [1.54, 1.807) is 19.1 Å². The Hall–Kier alpha value is -3.86. The number of benzene rings is 3. The molecule has 0 radical (unpaired) electrons. The van der Waals surface area contributed by atoms with E-state index in [-0.39, 0.29) is 12.3 Å². The average molecular weight is 544 g/mol. The molecule has 1 aliphatic rings. The zero-order valence-corrected chi connectivity index (χ0v) is 23.1. The number of rotatable bonds is 10. The van der Waals surface area contributed by atoms with E-state index < -0.39 is 15.8 Å². The van der Waals surface area contributed by atoms with Gasteiger partial charge in [0.25, 0.3) is 0 Å². The van der Waals surface area contributed by atoms with Crippen molar-refractivity contribution in [2.45, 2.75) is 43.7 Å². The Bertz CT molecular complexity index is 1480. The molecule has 0 spiro atoms. The minimum Gasteiger partial charge on any atom is -0.489 e. The number of sulfone groups is 1. The number of carbonyl (C=O) groups is 1. The molecule has 39 heavy (non-hydrogen) atoms. The summed E-state index contributed by atoms with van der Waals surface area (Å²) in [6.45, 7) is 4.81. The summed E-state index contributed by atoms with van der Waals surface area (Å²) in [5.41, 5.74) is 5.51. The minimum atomic E-state index is -3.18. The Balaban J connectivity index is 1.27. The van der Waals surface area contributed by atoms with Gasteiger partial charge >= 0.3 is 5.97 Å². The molecule has 0 aromatic heterocycles. The first-order valence-electron chi connectivity index (χ1n) is 12.9. The van der Waals surface area contributed by atoms with Crippen molar-refractivity contribution < 1.29 is 23.1 Å². The predicted molar refractivity (Wildman–Crippen MR) is 153 cm³/mol. The molecule has 3 aromatic carbocycles. The van der Waals surface area contributed by atoms with E-state index in [1.165, 1.54) is 17.4 Å². The largest absolute Gasteiger partial charge is 0.489 e. The number of hydrogen-bond acceptors (Lipinski definition) is 5. The smallest absolute Gasteiger partial charge is 0.304 e. The van der Waals surface area contributed by atoms with Crippen molar-refractivity contribution in [3.8, 4) is 17.6 Å². The Morgan fingerprint density at radius 1 is 1.00 bits per heavy atom. The molecule has 0 saturated heterocycles. The molecule has 0 bridgehead atoms. The molecule has 7 heteroatoms. The maximum Gasteiger partial charge on any atom is 0.304 e. The Kier molecular flexibility index (Phi) is 9.23. The van der Waals surface area contributed by atoms with Gasteiger partial charge in [0.1, 0.15) is 12.4 Å². The lowest BCUT2D eigenvalue weighted by Gasteiger charge is -2.26. The van der Waals surface area contributed by atoms with Gasteiger partial charge in [-0.15, -0.1) is 5.92 Å². The molecule has 0 fully saturated rings. The van der Waals surface area contributed by atoms with Gasteiger partial charge in [-0.1, -0.05) is 60.5 Å². The van der Waals surface area contributed by atoms with Gasteiger partial charge in [-0.05, 0) is 65.4 Å². The summed E-state index contributed by atoms with van der Waals surface area (Å²) in [6.07, 6.45) is 4.35. The normalized spacial score (nSPS) is 14.6. The zero-order valence-electron chi connectivity index (χ0n) is 22.3. The van der Waals surface area contributed by atoms with Crippen LogP contribution in [0.25, 0.3) is 5.57 Å². The third kappa shape index (κ3) is 8.06. The van der Waals surface area contributed by atoms with E-state index in [1.807, 2.05) is 36.4 Å². The van der Waals surface area contributed by atoms with Crippen molar-refractivity contribution >= 4 is 21.4 Å². The van der Waals surface area contributed by atoms with Gasteiger partial charge in [-0.3, -0.25) is 9.69 Å². The number of hydrogen-bond donors (Lipinski definition) is 1. The van der Waals surface area contributed by atoms with E-state index in [0.717, 1.165) is 48.5 Å². The molecule has 0 amide bonds. The average Bonchev–Trinajstić information content (AvgIpc) is 2.93. The van der Waals surface area contributed by atoms with Gasteiger partial charge < -0.3 is 9.84 Å². The number of aliphatic carboxylic acids is 1. The van der Waals surface area contributed by atoms with Crippen molar-refractivity contribution in [1.29, 1.82) is 0 Å². The first-order valence-corrected chi connectivity index (χ1v) is 14.8. The molecule has 0 saturated carbocycles. The molecule has 1 N–H and O–H groups in total. The second-order valence-corrected chi connectivity index (χ2v) is 11.7. The molecule has 0 aliphatic carbocycles. The molecule has 0 unspecified atom stereocenters. The molecule has 202 valence electrons. The Morgan fingerprint density at radius 3 is 2.23 bits per heavy atom. The highest BCUT2D eigenvalue weighted by Gasteiger charge is 2.15. The summed E-state index contributed by atoms with van der Waals surface area (Å²) in [5.74, 6) is 5.30. The number of carboxylic acids is 1. The summed E-state index contributed by atoms with van der Waals surface area (Å²) in [4.78, 5) is 13.8. The second-order valence-electron chi connectivity index (χ2n) is 9.73. The summed E-state index contributed by atoms with van der Waals surface area (Å²) >= 11 is 0. The molecule has 6 nitrogen and oxygen atoms in total. The third-order valence-electron chi connectivity index (χ3n) is 6.76. The highest BCUT2D eigenvalue weighted by atomic mass is 32.2. The van der Waals surface area contributed by atoms with Crippen LogP contribution in [0.15, 0.2) is 83.8 Å². The fraction of sp³-hybridized carbons (Fsp3) is 0.281. The lowest BCUT2D eigenvalue weighted by atomic mass is 9.96. The fourth-order valence-electron chi connectivity index (χ4n) is 4.60. The maximum atomic E-state index is 11.7. The standard InChI is InChI=1S/C32H33NO5S/c1-3-4-29(21-32(34)35)27-9-13-30(14-10-27)38-23-25-7-5-24(6-8-25)22-33-19-17-28(18-20-33)26-11-15-31(16-12-26)39(2,36)37/h5-17,29H,18-23H2,1-2H3,(H,34,35)/t29-/m0/s1. The van der Waals surface area contributed by atoms with Crippen LogP contribution >= 0.6 is 0 Å². The van der Waals surface area contributed by atoms with Crippen LogP contribution in [0.3, 0.4) is 0 Å². The van der Waals surface area contributed by atoms with E-state index in [2.05, 4.69) is 47.1 Å². The molecular formula is C32H33NO5S.